The summed E-state index contributed by atoms with van der Waals surface area (Å²) in [5, 5.41) is 7.12. The molecule has 0 bridgehead atoms. The molecule has 4 nitrogen and oxygen atoms in total. The van der Waals surface area contributed by atoms with Crippen LogP contribution in [-0.2, 0) is 0 Å². The van der Waals surface area contributed by atoms with E-state index in [1.54, 1.807) is 6.20 Å². The number of nitrogens with zero attached hydrogens (tertiary/aromatic N) is 2. The molecule has 1 aromatic carbocycles. The second-order valence-electron chi connectivity index (χ2n) is 4.76. The number of aryl methyl sites for hydroxylation is 2. The van der Waals surface area contributed by atoms with Gasteiger partial charge in [0.15, 0.2) is 0 Å². The fraction of sp³-hybridized carbons (Fsp3) is 0.333. The Kier molecular flexibility index (Phi) is 4.79. The summed E-state index contributed by atoms with van der Waals surface area (Å²) < 4.78 is 0. The van der Waals surface area contributed by atoms with Crippen LogP contribution in [0.3, 0.4) is 0 Å². The molecular weight excluding hydrogens is 272 g/mol. The van der Waals surface area contributed by atoms with E-state index < -0.39 is 0 Å². The fourth-order valence-electron chi connectivity index (χ4n) is 1.95. The van der Waals surface area contributed by atoms with E-state index in [1.165, 1.54) is 0 Å². The van der Waals surface area contributed by atoms with E-state index in [9.17, 15) is 0 Å². The highest BCUT2D eigenvalue weighted by molar-refractivity contribution is 6.33. The van der Waals surface area contributed by atoms with Crippen molar-refractivity contribution in [2.24, 2.45) is 0 Å². The maximum Gasteiger partial charge on any atom is 0.224 e. The first-order valence-corrected chi connectivity index (χ1v) is 7.08. The van der Waals surface area contributed by atoms with Crippen molar-refractivity contribution in [1.82, 2.24) is 9.97 Å². The molecule has 0 saturated carbocycles. The summed E-state index contributed by atoms with van der Waals surface area (Å²) in [6, 6.07) is 5.85. The zero-order valence-electron chi connectivity index (χ0n) is 12.0. The minimum atomic E-state index is 0.623. The molecule has 0 atom stereocenters. The average Bonchev–Trinajstić information content (AvgIpc) is 2.41. The Balaban J connectivity index is 2.22. The number of aromatic nitrogens is 2. The van der Waals surface area contributed by atoms with Crippen LogP contribution in [0, 0.1) is 13.8 Å². The van der Waals surface area contributed by atoms with Crippen molar-refractivity contribution in [2.45, 2.75) is 27.2 Å². The lowest BCUT2D eigenvalue weighted by Crippen LogP contribution is -2.05. The second-order valence-corrected chi connectivity index (χ2v) is 5.16. The number of rotatable bonds is 5. The molecule has 1 heterocycles. The molecule has 2 aromatic rings. The molecule has 20 heavy (non-hydrogen) atoms. The molecule has 106 valence electrons. The van der Waals surface area contributed by atoms with Gasteiger partial charge in [-0.25, -0.2) is 4.98 Å². The molecule has 2 rings (SSSR count). The zero-order chi connectivity index (χ0) is 14.5. The fourth-order valence-corrected chi connectivity index (χ4v) is 2.32. The predicted octanol–water partition coefficient (Wildman–Crippen LogP) is 4.31. The number of benzene rings is 1. The van der Waals surface area contributed by atoms with Gasteiger partial charge in [0.25, 0.3) is 0 Å². The molecule has 0 saturated heterocycles. The van der Waals surface area contributed by atoms with Gasteiger partial charge in [-0.1, -0.05) is 24.6 Å². The van der Waals surface area contributed by atoms with Crippen LogP contribution in [-0.4, -0.2) is 16.5 Å². The van der Waals surface area contributed by atoms with Gasteiger partial charge in [-0.05, 0) is 43.5 Å². The van der Waals surface area contributed by atoms with Crippen LogP contribution in [0.2, 0.25) is 5.02 Å². The maximum atomic E-state index is 6.29. The lowest BCUT2D eigenvalue weighted by atomic mass is 10.1. The first-order chi connectivity index (χ1) is 9.60. The molecule has 0 aliphatic carbocycles. The van der Waals surface area contributed by atoms with Crippen LogP contribution in [0.15, 0.2) is 24.4 Å². The lowest BCUT2D eigenvalue weighted by molar-refractivity contribution is 0.953. The molecule has 2 N–H and O–H groups in total. The molecule has 0 spiro atoms. The van der Waals surface area contributed by atoms with Crippen LogP contribution in [0.1, 0.15) is 24.5 Å². The number of hydrogen-bond acceptors (Lipinski definition) is 4. The summed E-state index contributed by atoms with van der Waals surface area (Å²) in [5.41, 5.74) is 3.13. The zero-order valence-corrected chi connectivity index (χ0v) is 12.8. The molecule has 0 fully saturated rings. The van der Waals surface area contributed by atoms with Crippen molar-refractivity contribution in [3.63, 3.8) is 0 Å². The van der Waals surface area contributed by atoms with E-state index in [0.29, 0.717) is 11.0 Å². The Hall–Kier alpha value is -1.81. The smallest absolute Gasteiger partial charge is 0.224 e. The minimum Gasteiger partial charge on any atom is -0.354 e. The van der Waals surface area contributed by atoms with E-state index >= 15 is 0 Å². The quantitative estimate of drug-likeness (QED) is 0.861. The largest absolute Gasteiger partial charge is 0.354 e. The van der Waals surface area contributed by atoms with E-state index in [4.69, 9.17) is 11.6 Å². The third kappa shape index (κ3) is 3.61. The van der Waals surface area contributed by atoms with Gasteiger partial charge >= 0.3 is 0 Å². The van der Waals surface area contributed by atoms with Gasteiger partial charge < -0.3 is 10.6 Å². The second kappa shape index (κ2) is 6.57. The molecule has 0 radical (unpaired) electrons. The Labute approximate surface area is 124 Å². The normalized spacial score (nSPS) is 10.4. The standard InChI is InChI=1S/C15H19ClN4/c1-4-6-17-15-18-7-5-13(20-15)19-14-11(3)8-10(2)9-12(14)16/h5,7-9H,4,6H2,1-3H3,(H2,17,18,19,20). The first-order valence-electron chi connectivity index (χ1n) is 6.71. The minimum absolute atomic E-state index is 0.623. The molecule has 0 aliphatic heterocycles. The van der Waals surface area contributed by atoms with E-state index in [-0.39, 0.29) is 0 Å². The molecule has 0 amide bonds. The molecule has 0 aliphatic rings. The van der Waals surface area contributed by atoms with E-state index in [2.05, 4.69) is 33.6 Å². The monoisotopic (exact) mass is 290 g/mol. The van der Waals surface area contributed by atoms with Crippen molar-refractivity contribution >= 4 is 29.1 Å². The van der Waals surface area contributed by atoms with Crippen LogP contribution in [0.25, 0.3) is 0 Å². The highest BCUT2D eigenvalue weighted by atomic mass is 35.5. The van der Waals surface area contributed by atoms with E-state index in [0.717, 1.165) is 35.6 Å². The molecular formula is C15H19ClN4. The Morgan fingerprint density at radius 3 is 2.75 bits per heavy atom. The molecule has 1 aromatic heterocycles. The Bertz CT molecular complexity index is 575. The average molecular weight is 291 g/mol. The summed E-state index contributed by atoms with van der Waals surface area (Å²) >= 11 is 6.29. The van der Waals surface area contributed by atoms with Crippen molar-refractivity contribution in [3.05, 3.63) is 40.5 Å². The molecule has 0 unspecified atom stereocenters. The van der Waals surface area contributed by atoms with Crippen LogP contribution in [0.4, 0.5) is 17.5 Å². The summed E-state index contributed by atoms with van der Waals surface area (Å²) in [6.07, 6.45) is 2.76. The third-order valence-corrected chi connectivity index (χ3v) is 3.17. The Morgan fingerprint density at radius 1 is 1.25 bits per heavy atom. The third-order valence-electron chi connectivity index (χ3n) is 2.87. The highest BCUT2D eigenvalue weighted by Gasteiger charge is 2.07. The SMILES string of the molecule is CCCNc1nccc(Nc2c(C)cc(C)cc2Cl)n1. The first kappa shape index (κ1) is 14.6. The summed E-state index contributed by atoms with van der Waals surface area (Å²) in [6.45, 7) is 7.01. The maximum absolute atomic E-state index is 6.29. The Morgan fingerprint density at radius 2 is 2.05 bits per heavy atom. The van der Waals surface area contributed by atoms with Crippen LogP contribution < -0.4 is 10.6 Å². The summed E-state index contributed by atoms with van der Waals surface area (Å²) in [7, 11) is 0. The van der Waals surface area contributed by atoms with Gasteiger partial charge in [0, 0.05) is 12.7 Å². The molecule has 5 heteroatoms. The van der Waals surface area contributed by atoms with Crippen LogP contribution in [0.5, 0.6) is 0 Å². The lowest BCUT2D eigenvalue weighted by Gasteiger charge is -2.12. The van der Waals surface area contributed by atoms with Gasteiger partial charge in [0.05, 0.1) is 10.7 Å². The number of nitrogens with one attached hydrogen (secondary N) is 2. The summed E-state index contributed by atoms with van der Waals surface area (Å²) in [4.78, 5) is 8.60. The van der Waals surface area contributed by atoms with Crippen molar-refractivity contribution in [1.29, 1.82) is 0 Å². The van der Waals surface area contributed by atoms with Gasteiger partial charge in [0.1, 0.15) is 5.82 Å². The number of anilines is 3. The van der Waals surface area contributed by atoms with Gasteiger partial charge in [-0.2, -0.15) is 4.98 Å². The number of hydrogen-bond donors (Lipinski definition) is 2. The number of halogens is 1. The van der Waals surface area contributed by atoms with E-state index in [1.807, 2.05) is 26.0 Å². The highest BCUT2D eigenvalue weighted by Crippen LogP contribution is 2.29. The van der Waals surface area contributed by atoms with Crippen molar-refractivity contribution < 1.29 is 0 Å². The van der Waals surface area contributed by atoms with Crippen LogP contribution >= 0.6 is 11.6 Å². The van der Waals surface area contributed by atoms with Gasteiger partial charge in [0.2, 0.25) is 5.95 Å². The predicted molar refractivity (Wildman–Crippen MR) is 85.0 cm³/mol. The van der Waals surface area contributed by atoms with Crippen molar-refractivity contribution in [2.75, 3.05) is 17.2 Å². The van der Waals surface area contributed by atoms with Crippen molar-refractivity contribution in [3.8, 4) is 0 Å². The van der Waals surface area contributed by atoms with Gasteiger partial charge in [-0.15, -0.1) is 0 Å². The van der Waals surface area contributed by atoms with Gasteiger partial charge in [-0.3, -0.25) is 0 Å². The summed E-state index contributed by atoms with van der Waals surface area (Å²) in [5.74, 6) is 1.35. The topological polar surface area (TPSA) is 49.8 Å².